The number of ether oxygens (including phenoxy) is 2. The number of amides is 1. The van der Waals surface area contributed by atoms with Crippen LogP contribution in [0.25, 0.3) is 6.08 Å². The summed E-state index contributed by atoms with van der Waals surface area (Å²) in [6.07, 6.45) is 1.42. The van der Waals surface area contributed by atoms with Gasteiger partial charge in [0.2, 0.25) is 0 Å². The number of rotatable bonds is 4. The third-order valence-electron chi connectivity index (χ3n) is 3.86. The van der Waals surface area contributed by atoms with Crippen LogP contribution < -0.4 is 14.8 Å². The van der Waals surface area contributed by atoms with Crippen LogP contribution in [0, 0.1) is 28.4 Å². The van der Waals surface area contributed by atoms with E-state index in [2.05, 4.69) is 5.32 Å². The van der Waals surface area contributed by atoms with E-state index in [1.54, 1.807) is 12.1 Å². The smallest absolute Gasteiger partial charge is 0.296 e. The first-order chi connectivity index (χ1) is 13.0. The third kappa shape index (κ3) is 4.04. The zero-order valence-corrected chi connectivity index (χ0v) is 14.4. The first kappa shape index (κ1) is 17.9. The van der Waals surface area contributed by atoms with Gasteiger partial charge in [0.1, 0.15) is 30.5 Å². The Hall–Kier alpha value is -3.86. The van der Waals surface area contributed by atoms with Crippen LogP contribution in [-0.4, -0.2) is 24.0 Å². The van der Waals surface area contributed by atoms with E-state index in [4.69, 9.17) is 9.47 Å². The minimum absolute atomic E-state index is 0.0701. The number of nitriles is 1. The van der Waals surface area contributed by atoms with Crippen molar-refractivity contribution >= 4 is 23.4 Å². The monoisotopic (exact) mass is 365 g/mol. The van der Waals surface area contributed by atoms with Crippen LogP contribution >= 0.6 is 0 Å². The molecule has 0 saturated heterocycles. The largest absolute Gasteiger partial charge is 0.486 e. The molecule has 0 aromatic heterocycles. The number of aryl methyl sites for hydroxylation is 1. The second kappa shape index (κ2) is 7.58. The van der Waals surface area contributed by atoms with Crippen LogP contribution in [-0.2, 0) is 4.79 Å². The maximum atomic E-state index is 12.5. The number of nitrogens with one attached hydrogen (secondary N) is 1. The molecule has 0 fully saturated rings. The van der Waals surface area contributed by atoms with Crippen molar-refractivity contribution in [2.75, 3.05) is 18.5 Å². The van der Waals surface area contributed by atoms with Crippen LogP contribution in [0.1, 0.15) is 11.1 Å². The number of hydrogen-bond donors (Lipinski definition) is 1. The lowest BCUT2D eigenvalue weighted by molar-refractivity contribution is -0.384. The zero-order chi connectivity index (χ0) is 19.4. The second-order valence-electron chi connectivity index (χ2n) is 5.80. The van der Waals surface area contributed by atoms with Crippen molar-refractivity contribution in [3.8, 4) is 17.6 Å². The molecule has 1 aliphatic rings. The highest BCUT2D eigenvalue weighted by Crippen LogP contribution is 2.39. The van der Waals surface area contributed by atoms with Gasteiger partial charge in [0.05, 0.1) is 11.0 Å². The van der Waals surface area contributed by atoms with Crippen LogP contribution in [0.2, 0.25) is 0 Å². The molecular weight excluding hydrogens is 350 g/mol. The summed E-state index contributed by atoms with van der Waals surface area (Å²) in [4.78, 5) is 23.2. The molecular formula is C19H15N3O5. The summed E-state index contributed by atoms with van der Waals surface area (Å²) in [7, 11) is 0. The van der Waals surface area contributed by atoms with Gasteiger partial charge in [0, 0.05) is 6.07 Å². The van der Waals surface area contributed by atoms with Gasteiger partial charge in [0.15, 0.2) is 11.5 Å². The molecule has 27 heavy (non-hydrogen) atoms. The summed E-state index contributed by atoms with van der Waals surface area (Å²) in [6.45, 7) is 2.51. The minimum atomic E-state index is -0.752. The summed E-state index contributed by atoms with van der Waals surface area (Å²) in [5.41, 5.74) is 1.12. The fraction of sp³-hybridized carbons (Fsp3) is 0.158. The van der Waals surface area contributed by atoms with Crippen LogP contribution in [0.15, 0.2) is 42.0 Å². The quantitative estimate of drug-likeness (QED) is 0.385. The van der Waals surface area contributed by atoms with Gasteiger partial charge in [-0.2, -0.15) is 5.26 Å². The number of nitrogens with zero attached hydrogens (tertiary/aromatic N) is 2. The number of carbonyl (C=O) groups excluding carboxylic acids is 1. The molecule has 0 unspecified atom stereocenters. The van der Waals surface area contributed by atoms with Gasteiger partial charge in [-0.05, 0) is 18.6 Å². The number of anilines is 1. The van der Waals surface area contributed by atoms with E-state index in [1.807, 2.05) is 25.1 Å². The lowest BCUT2D eigenvalue weighted by atomic mass is 10.1. The molecule has 0 atom stereocenters. The normalized spacial score (nSPS) is 12.8. The second-order valence-corrected chi connectivity index (χ2v) is 5.80. The van der Waals surface area contributed by atoms with E-state index in [9.17, 15) is 20.2 Å². The van der Waals surface area contributed by atoms with Gasteiger partial charge in [-0.1, -0.05) is 29.8 Å². The molecule has 0 aliphatic carbocycles. The molecule has 136 valence electrons. The lowest BCUT2D eigenvalue weighted by Gasteiger charge is -2.19. The predicted octanol–water partition coefficient (Wildman–Crippen LogP) is 3.22. The topological polar surface area (TPSA) is 114 Å². The van der Waals surface area contributed by atoms with E-state index in [-0.39, 0.29) is 29.3 Å². The van der Waals surface area contributed by atoms with Crippen LogP contribution in [0.4, 0.5) is 11.4 Å². The van der Waals surface area contributed by atoms with E-state index < -0.39 is 10.8 Å². The number of fused-ring (bicyclic) bond motifs is 1. The third-order valence-corrected chi connectivity index (χ3v) is 3.86. The highest BCUT2D eigenvalue weighted by atomic mass is 16.6. The standard InChI is InChI=1S/C19H15N3O5/c1-12-2-4-13(5-3-12)8-14(11-20)19(23)21-15-9-17-18(27-7-6-26-17)10-16(15)22(24)25/h2-5,8-10H,6-7H2,1H3,(H,21,23)/b14-8+. The molecule has 1 amide bonds. The van der Waals surface area contributed by atoms with Crippen molar-refractivity contribution in [1.29, 1.82) is 5.26 Å². The van der Waals surface area contributed by atoms with Gasteiger partial charge >= 0.3 is 0 Å². The van der Waals surface area contributed by atoms with Gasteiger partial charge < -0.3 is 14.8 Å². The molecule has 8 nitrogen and oxygen atoms in total. The molecule has 0 spiro atoms. The van der Waals surface area contributed by atoms with Crippen molar-refractivity contribution in [3.05, 3.63) is 63.2 Å². The van der Waals surface area contributed by atoms with Crippen LogP contribution in [0.5, 0.6) is 11.5 Å². The number of nitro benzene ring substituents is 1. The SMILES string of the molecule is Cc1ccc(/C=C(\C#N)C(=O)Nc2cc3c(cc2[N+](=O)[O-])OCCO3)cc1. The Kier molecular flexibility index (Phi) is 5.04. The van der Waals surface area contributed by atoms with Crippen molar-refractivity contribution in [1.82, 2.24) is 0 Å². The number of nitro groups is 1. The first-order valence-electron chi connectivity index (χ1n) is 8.06. The zero-order valence-electron chi connectivity index (χ0n) is 14.4. The highest BCUT2D eigenvalue weighted by Gasteiger charge is 2.24. The fourth-order valence-corrected chi connectivity index (χ4v) is 2.50. The lowest BCUT2D eigenvalue weighted by Crippen LogP contribution is -2.18. The molecule has 1 aliphatic heterocycles. The fourth-order valence-electron chi connectivity index (χ4n) is 2.50. The maximum absolute atomic E-state index is 12.5. The molecule has 1 N–H and O–H groups in total. The Morgan fingerprint density at radius 1 is 1.22 bits per heavy atom. The van der Waals surface area contributed by atoms with E-state index in [0.717, 1.165) is 5.56 Å². The average molecular weight is 365 g/mol. The Morgan fingerprint density at radius 3 is 2.44 bits per heavy atom. The van der Waals surface area contributed by atoms with Gasteiger partial charge in [-0.25, -0.2) is 0 Å². The average Bonchev–Trinajstić information content (AvgIpc) is 2.66. The maximum Gasteiger partial charge on any atom is 0.296 e. The van der Waals surface area contributed by atoms with E-state index in [0.29, 0.717) is 17.9 Å². The number of hydrogen-bond acceptors (Lipinski definition) is 6. The van der Waals surface area contributed by atoms with Crippen molar-refractivity contribution < 1.29 is 19.2 Å². The molecule has 2 aromatic rings. The van der Waals surface area contributed by atoms with Crippen molar-refractivity contribution in [3.63, 3.8) is 0 Å². The molecule has 0 radical (unpaired) electrons. The predicted molar refractivity (Wildman–Crippen MR) is 97.5 cm³/mol. The first-order valence-corrected chi connectivity index (χ1v) is 8.06. The Labute approximate surface area is 154 Å². The molecule has 0 bridgehead atoms. The van der Waals surface area contributed by atoms with Gasteiger partial charge in [0.25, 0.3) is 11.6 Å². The summed E-state index contributed by atoms with van der Waals surface area (Å²) in [6, 6.07) is 11.6. The molecule has 2 aromatic carbocycles. The number of carbonyl (C=O) groups is 1. The summed E-state index contributed by atoms with van der Waals surface area (Å²) in [5.74, 6) is -0.220. The molecule has 8 heteroatoms. The minimum Gasteiger partial charge on any atom is -0.486 e. The Bertz CT molecular complexity index is 974. The molecule has 0 saturated carbocycles. The van der Waals surface area contributed by atoms with Crippen molar-refractivity contribution in [2.24, 2.45) is 0 Å². The molecule has 3 rings (SSSR count). The van der Waals surface area contributed by atoms with E-state index >= 15 is 0 Å². The molecule has 1 heterocycles. The van der Waals surface area contributed by atoms with Gasteiger partial charge in [-0.3, -0.25) is 14.9 Å². The highest BCUT2D eigenvalue weighted by molar-refractivity contribution is 6.10. The Balaban J connectivity index is 1.91. The van der Waals surface area contributed by atoms with Crippen molar-refractivity contribution in [2.45, 2.75) is 6.92 Å². The summed E-state index contributed by atoms with van der Waals surface area (Å²) >= 11 is 0. The summed E-state index contributed by atoms with van der Waals surface area (Å²) < 4.78 is 10.7. The van der Waals surface area contributed by atoms with E-state index in [1.165, 1.54) is 18.2 Å². The number of benzene rings is 2. The van der Waals surface area contributed by atoms with Gasteiger partial charge in [-0.15, -0.1) is 0 Å². The Morgan fingerprint density at radius 2 is 1.85 bits per heavy atom. The summed E-state index contributed by atoms with van der Waals surface area (Å²) in [5, 5.41) is 23.1. The van der Waals surface area contributed by atoms with Crippen LogP contribution in [0.3, 0.4) is 0 Å².